The van der Waals surface area contributed by atoms with Gasteiger partial charge in [-0.3, -0.25) is 0 Å². The van der Waals surface area contributed by atoms with E-state index in [1.807, 2.05) is 6.07 Å². The van der Waals surface area contributed by atoms with E-state index in [9.17, 15) is 5.11 Å². The van der Waals surface area contributed by atoms with Gasteiger partial charge in [-0.2, -0.15) is 0 Å². The third-order valence-corrected chi connectivity index (χ3v) is 2.61. The molecule has 4 heteroatoms. The van der Waals surface area contributed by atoms with Crippen molar-refractivity contribution in [3.8, 4) is 5.75 Å². The lowest BCUT2D eigenvalue weighted by molar-refractivity contribution is 0.473. The van der Waals surface area contributed by atoms with Crippen LogP contribution in [0.1, 0.15) is 11.1 Å². The Labute approximate surface area is 88.3 Å². The van der Waals surface area contributed by atoms with Crippen LogP contribution < -0.4 is 5.32 Å². The summed E-state index contributed by atoms with van der Waals surface area (Å²) in [5.41, 5.74) is 2.29. The van der Waals surface area contributed by atoms with E-state index in [1.54, 1.807) is 6.07 Å². The summed E-state index contributed by atoms with van der Waals surface area (Å²) in [7, 11) is 0. The average molecular weight is 220 g/mol. The van der Waals surface area contributed by atoms with Crippen molar-refractivity contribution < 1.29 is 5.11 Å². The standard InChI is InChI=1S/C9H10ClNO.ClH/c10-9-7-3-4-11-5-6(7)1-2-8(9)12;/h1-2,11-12H,3-5H2;1H. The van der Waals surface area contributed by atoms with Crippen LogP contribution in [0, 0.1) is 0 Å². The van der Waals surface area contributed by atoms with E-state index in [1.165, 1.54) is 5.56 Å². The second-order valence-corrected chi connectivity index (χ2v) is 3.34. The molecule has 1 aliphatic rings. The maximum absolute atomic E-state index is 9.32. The second kappa shape index (κ2) is 4.18. The Balaban J connectivity index is 0.000000845. The van der Waals surface area contributed by atoms with Crippen molar-refractivity contribution in [3.63, 3.8) is 0 Å². The third kappa shape index (κ3) is 1.90. The molecule has 2 N–H and O–H groups in total. The van der Waals surface area contributed by atoms with E-state index in [-0.39, 0.29) is 18.2 Å². The van der Waals surface area contributed by atoms with Crippen LogP contribution in [-0.4, -0.2) is 11.7 Å². The highest BCUT2D eigenvalue weighted by atomic mass is 35.5. The first-order valence-electron chi connectivity index (χ1n) is 3.99. The summed E-state index contributed by atoms with van der Waals surface area (Å²) in [6.45, 7) is 1.80. The highest BCUT2D eigenvalue weighted by Crippen LogP contribution is 2.31. The van der Waals surface area contributed by atoms with Gasteiger partial charge in [0.05, 0.1) is 5.02 Å². The number of hydrogen-bond donors (Lipinski definition) is 2. The number of hydrogen-bond acceptors (Lipinski definition) is 2. The van der Waals surface area contributed by atoms with Crippen LogP contribution in [-0.2, 0) is 13.0 Å². The Hall–Kier alpha value is -0.440. The highest BCUT2D eigenvalue weighted by molar-refractivity contribution is 6.32. The molecule has 0 unspecified atom stereocenters. The summed E-state index contributed by atoms with van der Waals surface area (Å²) in [6, 6.07) is 3.57. The molecule has 0 radical (unpaired) electrons. The largest absolute Gasteiger partial charge is 0.506 e. The van der Waals surface area contributed by atoms with Crippen LogP contribution in [0.5, 0.6) is 5.75 Å². The summed E-state index contributed by atoms with van der Waals surface area (Å²) >= 11 is 5.93. The first-order chi connectivity index (χ1) is 5.79. The number of benzene rings is 1. The molecule has 0 saturated carbocycles. The number of phenols is 1. The van der Waals surface area contributed by atoms with Gasteiger partial charge in [0.15, 0.2) is 0 Å². The van der Waals surface area contributed by atoms with E-state index in [0.717, 1.165) is 25.1 Å². The SMILES string of the molecule is Cl.Oc1ccc2c(c1Cl)CCNC2. The molecule has 2 nitrogen and oxygen atoms in total. The molecule has 1 aliphatic heterocycles. The minimum atomic E-state index is 0. The van der Waals surface area contributed by atoms with Gasteiger partial charge in [0, 0.05) is 6.54 Å². The van der Waals surface area contributed by atoms with Crippen molar-refractivity contribution in [1.29, 1.82) is 0 Å². The number of nitrogens with one attached hydrogen (secondary N) is 1. The van der Waals surface area contributed by atoms with E-state index in [2.05, 4.69) is 5.32 Å². The monoisotopic (exact) mass is 219 g/mol. The summed E-state index contributed by atoms with van der Waals surface area (Å²) < 4.78 is 0. The molecule has 0 aliphatic carbocycles. The van der Waals surface area contributed by atoms with Crippen LogP contribution in [0.15, 0.2) is 12.1 Å². The van der Waals surface area contributed by atoms with Gasteiger partial charge in [-0.1, -0.05) is 17.7 Å². The highest BCUT2D eigenvalue weighted by Gasteiger charge is 2.13. The molecule has 0 spiro atoms. The minimum Gasteiger partial charge on any atom is -0.506 e. The topological polar surface area (TPSA) is 32.3 Å². The molecule has 0 aromatic heterocycles. The molecule has 0 atom stereocenters. The van der Waals surface area contributed by atoms with Crippen LogP contribution in [0.25, 0.3) is 0 Å². The van der Waals surface area contributed by atoms with Crippen LogP contribution >= 0.6 is 24.0 Å². The Morgan fingerprint density at radius 2 is 2.15 bits per heavy atom. The zero-order valence-corrected chi connectivity index (χ0v) is 8.58. The summed E-state index contributed by atoms with van der Waals surface area (Å²) in [5.74, 6) is 0.192. The normalized spacial score (nSPS) is 14.5. The zero-order valence-electron chi connectivity index (χ0n) is 7.01. The molecule has 0 amide bonds. The van der Waals surface area contributed by atoms with Gasteiger partial charge in [-0.15, -0.1) is 12.4 Å². The third-order valence-electron chi connectivity index (χ3n) is 2.19. The maximum atomic E-state index is 9.32. The fourth-order valence-electron chi connectivity index (χ4n) is 1.52. The van der Waals surface area contributed by atoms with Gasteiger partial charge < -0.3 is 10.4 Å². The molecule has 2 rings (SSSR count). The summed E-state index contributed by atoms with van der Waals surface area (Å²) in [6.07, 6.45) is 0.905. The first-order valence-corrected chi connectivity index (χ1v) is 4.37. The van der Waals surface area contributed by atoms with Crippen molar-refractivity contribution in [3.05, 3.63) is 28.3 Å². The molecule has 1 aromatic carbocycles. The first kappa shape index (κ1) is 10.6. The van der Waals surface area contributed by atoms with Gasteiger partial charge in [0.2, 0.25) is 0 Å². The van der Waals surface area contributed by atoms with Crippen molar-refractivity contribution in [1.82, 2.24) is 5.32 Å². The lowest BCUT2D eigenvalue weighted by atomic mass is 10.0. The predicted octanol–water partition coefficient (Wildman–Crippen LogP) is 2.11. The molecular formula is C9H11Cl2NO. The molecule has 0 bridgehead atoms. The maximum Gasteiger partial charge on any atom is 0.134 e. The van der Waals surface area contributed by atoms with Crippen molar-refractivity contribution in [2.75, 3.05) is 6.54 Å². The Morgan fingerprint density at radius 3 is 2.92 bits per heavy atom. The fourth-order valence-corrected chi connectivity index (χ4v) is 1.80. The van der Waals surface area contributed by atoms with Crippen LogP contribution in [0.2, 0.25) is 5.02 Å². The van der Waals surface area contributed by atoms with Gasteiger partial charge in [-0.25, -0.2) is 0 Å². The Bertz CT molecular complexity index is 315. The second-order valence-electron chi connectivity index (χ2n) is 2.96. The summed E-state index contributed by atoms with van der Waals surface area (Å²) in [5, 5.41) is 13.1. The van der Waals surface area contributed by atoms with E-state index in [0.29, 0.717) is 5.02 Å². The van der Waals surface area contributed by atoms with E-state index in [4.69, 9.17) is 11.6 Å². The number of aromatic hydroxyl groups is 1. The molecule has 1 aromatic rings. The van der Waals surface area contributed by atoms with Gasteiger partial charge in [0.1, 0.15) is 5.75 Å². The van der Waals surface area contributed by atoms with Gasteiger partial charge >= 0.3 is 0 Å². The molecule has 13 heavy (non-hydrogen) atoms. The van der Waals surface area contributed by atoms with Crippen molar-refractivity contribution in [2.24, 2.45) is 0 Å². The predicted molar refractivity (Wildman–Crippen MR) is 55.8 cm³/mol. The Morgan fingerprint density at radius 1 is 1.38 bits per heavy atom. The van der Waals surface area contributed by atoms with Crippen molar-refractivity contribution in [2.45, 2.75) is 13.0 Å². The van der Waals surface area contributed by atoms with Gasteiger partial charge in [0.25, 0.3) is 0 Å². The van der Waals surface area contributed by atoms with E-state index < -0.39 is 0 Å². The molecule has 0 fully saturated rings. The minimum absolute atomic E-state index is 0. The molecular weight excluding hydrogens is 209 g/mol. The summed E-state index contributed by atoms with van der Waals surface area (Å²) in [4.78, 5) is 0. The van der Waals surface area contributed by atoms with Gasteiger partial charge in [-0.05, 0) is 30.2 Å². The van der Waals surface area contributed by atoms with Crippen LogP contribution in [0.3, 0.4) is 0 Å². The Kier molecular flexibility index (Phi) is 3.42. The molecule has 0 saturated heterocycles. The quantitative estimate of drug-likeness (QED) is 0.701. The molecule has 72 valence electrons. The smallest absolute Gasteiger partial charge is 0.134 e. The zero-order chi connectivity index (χ0) is 8.55. The number of fused-ring (bicyclic) bond motifs is 1. The van der Waals surface area contributed by atoms with Crippen molar-refractivity contribution >= 4 is 24.0 Å². The fraction of sp³-hybridized carbons (Fsp3) is 0.333. The average Bonchev–Trinajstić information content (AvgIpc) is 2.12. The lowest BCUT2D eigenvalue weighted by Gasteiger charge is -2.18. The molecule has 1 heterocycles. The van der Waals surface area contributed by atoms with Crippen LogP contribution in [0.4, 0.5) is 0 Å². The van der Waals surface area contributed by atoms with E-state index >= 15 is 0 Å². The number of phenolic OH excluding ortho intramolecular Hbond substituents is 1. The number of rotatable bonds is 0. The lowest BCUT2D eigenvalue weighted by Crippen LogP contribution is -2.23. The number of halogens is 2.